The van der Waals surface area contributed by atoms with Crippen molar-refractivity contribution in [1.82, 2.24) is 4.90 Å². The van der Waals surface area contributed by atoms with Gasteiger partial charge < -0.3 is 24.8 Å². The molecule has 0 unspecified atom stereocenters. The van der Waals surface area contributed by atoms with E-state index < -0.39 is 36.2 Å². The highest BCUT2D eigenvalue weighted by Gasteiger charge is 2.57. The van der Waals surface area contributed by atoms with E-state index >= 15 is 0 Å². The number of nitrogens with zero attached hydrogens (tertiary/aromatic N) is 1. The van der Waals surface area contributed by atoms with Gasteiger partial charge in [0, 0.05) is 5.69 Å². The van der Waals surface area contributed by atoms with E-state index in [0.29, 0.717) is 17.7 Å². The van der Waals surface area contributed by atoms with Crippen molar-refractivity contribution in [2.24, 2.45) is 11.3 Å². The Morgan fingerprint density at radius 1 is 1.29 bits per heavy atom. The van der Waals surface area contributed by atoms with Gasteiger partial charge in [0.1, 0.15) is 5.70 Å². The Hall–Kier alpha value is -3.20. The maximum Gasteiger partial charge on any atom is 0.358 e. The van der Waals surface area contributed by atoms with Crippen molar-refractivity contribution < 1.29 is 29.0 Å². The minimum Gasteiger partial charge on any atom is -0.427 e. The quantitative estimate of drug-likeness (QED) is 0.199. The predicted molar refractivity (Wildman–Crippen MR) is 113 cm³/mol. The van der Waals surface area contributed by atoms with Crippen LogP contribution in [0.15, 0.2) is 30.0 Å². The number of hydrogen-bond acceptors (Lipinski definition) is 7. The molecule has 9 heteroatoms. The lowest BCUT2D eigenvalue weighted by atomic mass is 9.82. The van der Waals surface area contributed by atoms with E-state index in [0.717, 1.165) is 11.9 Å². The molecule has 0 radical (unpaired) electrons. The van der Waals surface area contributed by atoms with Crippen LogP contribution in [0.3, 0.4) is 0 Å². The number of anilines is 1. The number of aliphatic hydroxyl groups is 1. The van der Waals surface area contributed by atoms with Crippen LogP contribution in [0.5, 0.6) is 0 Å². The van der Waals surface area contributed by atoms with Gasteiger partial charge in [0.15, 0.2) is 0 Å². The number of carbonyl (C=O) groups excluding carboxylic acids is 3. The van der Waals surface area contributed by atoms with Gasteiger partial charge in [-0.1, -0.05) is 12.1 Å². The fourth-order valence-corrected chi connectivity index (χ4v) is 3.79. The van der Waals surface area contributed by atoms with Crippen LogP contribution in [0, 0.1) is 16.7 Å². The summed E-state index contributed by atoms with van der Waals surface area (Å²) >= 11 is 0. The minimum atomic E-state index is -0.836. The first kappa shape index (κ1) is 22.5. The summed E-state index contributed by atoms with van der Waals surface area (Å²) < 4.78 is 10.2. The summed E-state index contributed by atoms with van der Waals surface area (Å²) in [4.78, 5) is 38.8. The van der Waals surface area contributed by atoms with Crippen LogP contribution in [0.4, 0.5) is 5.69 Å². The van der Waals surface area contributed by atoms with Crippen LogP contribution in [0.25, 0.3) is 5.57 Å². The van der Waals surface area contributed by atoms with Gasteiger partial charge in [0.25, 0.3) is 0 Å². The average molecular weight is 429 g/mol. The Balaban J connectivity index is 1.84. The molecule has 0 aliphatic carbocycles. The molecule has 3 rings (SSSR count). The molecule has 0 aromatic heterocycles. The first-order valence-electron chi connectivity index (χ1n) is 10.0. The first-order chi connectivity index (χ1) is 14.6. The fourth-order valence-electron chi connectivity index (χ4n) is 3.79. The number of carbonyl (C=O) groups is 3. The Bertz CT molecular complexity index is 930. The molecule has 3 N–H and O–H groups in total. The van der Waals surface area contributed by atoms with Gasteiger partial charge in [-0.2, -0.15) is 0 Å². The molecule has 1 aromatic rings. The number of esters is 2. The third kappa shape index (κ3) is 4.32. The second-order valence-electron chi connectivity index (χ2n) is 8.67. The highest BCUT2D eigenvalue weighted by atomic mass is 16.7. The van der Waals surface area contributed by atoms with Gasteiger partial charge in [-0.15, -0.1) is 0 Å². The summed E-state index contributed by atoms with van der Waals surface area (Å²) in [5, 5.41) is 19.9. The van der Waals surface area contributed by atoms with Gasteiger partial charge in [0.2, 0.25) is 12.7 Å². The van der Waals surface area contributed by atoms with Crippen molar-refractivity contribution in [2.45, 2.75) is 46.3 Å². The van der Waals surface area contributed by atoms with Crippen molar-refractivity contribution in [3.8, 4) is 0 Å². The third-order valence-electron chi connectivity index (χ3n) is 5.39. The number of β-lactam (4-membered cyclic amide) rings is 1. The van der Waals surface area contributed by atoms with Crippen LogP contribution in [0.1, 0.15) is 39.7 Å². The Morgan fingerprint density at radius 2 is 1.94 bits per heavy atom. The van der Waals surface area contributed by atoms with Crippen molar-refractivity contribution in [2.75, 3.05) is 12.1 Å². The molecule has 1 fully saturated rings. The fraction of sp³-hybridized carbons (Fsp3) is 0.455. The van der Waals surface area contributed by atoms with Gasteiger partial charge in [-0.25, -0.2) is 4.79 Å². The molecular formula is C22H27N3O6. The molecule has 166 valence electrons. The SMILES string of the molecule is C[C@@H](O)[C@H]1C(=O)N2C(C(=O)OCOC(=O)C(C)(C)C)=C(c3ccc(NC=N)cc3)C[C@H]12. The van der Waals surface area contributed by atoms with Gasteiger partial charge in [-0.05, 0) is 57.4 Å². The standard InChI is InChI=1S/C22H27N3O6/c1-12(26)17-16-9-15(13-5-7-14(8-6-13)24-10-23)18(25(16)19(17)27)20(28)30-11-31-21(29)22(2,3)4/h5-8,10,12,16-17,26H,9,11H2,1-4H3,(H2,23,24)/t12-,16-,17-/m1/s1. The molecule has 2 aliphatic rings. The smallest absolute Gasteiger partial charge is 0.358 e. The molecule has 2 heterocycles. The summed E-state index contributed by atoms with van der Waals surface area (Å²) in [7, 11) is 0. The van der Waals surface area contributed by atoms with Crippen molar-refractivity contribution >= 4 is 35.4 Å². The van der Waals surface area contributed by atoms with Gasteiger partial charge >= 0.3 is 11.9 Å². The number of fused-ring (bicyclic) bond motifs is 1. The van der Waals surface area contributed by atoms with E-state index in [1.165, 1.54) is 4.90 Å². The highest BCUT2D eigenvalue weighted by molar-refractivity contribution is 6.06. The number of hydrogen-bond donors (Lipinski definition) is 3. The molecule has 9 nitrogen and oxygen atoms in total. The molecule has 0 bridgehead atoms. The maximum absolute atomic E-state index is 12.9. The summed E-state index contributed by atoms with van der Waals surface area (Å²) in [6.45, 7) is 6.06. The van der Waals surface area contributed by atoms with Crippen molar-refractivity contribution in [3.63, 3.8) is 0 Å². The number of nitrogens with one attached hydrogen (secondary N) is 2. The monoisotopic (exact) mass is 429 g/mol. The predicted octanol–water partition coefficient (Wildman–Crippen LogP) is 2.12. The van der Waals surface area contributed by atoms with E-state index in [2.05, 4.69) is 5.32 Å². The second-order valence-corrected chi connectivity index (χ2v) is 8.67. The lowest BCUT2D eigenvalue weighted by molar-refractivity contribution is -0.175. The highest BCUT2D eigenvalue weighted by Crippen LogP contribution is 2.47. The number of aliphatic hydroxyl groups excluding tert-OH is 1. The molecule has 1 saturated heterocycles. The Morgan fingerprint density at radius 3 is 2.48 bits per heavy atom. The van der Waals surface area contributed by atoms with Crippen LogP contribution >= 0.6 is 0 Å². The molecule has 0 spiro atoms. The molecule has 0 saturated carbocycles. The summed E-state index contributed by atoms with van der Waals surface area (Å²) in [5.74, 6) is -2.20. The zero-order chi connectivity index (χ0) is 22.9. The van der Waals surface area contributed by atoms with E-state index in [-0.39, 0.29) is 17.6 Å². The average Bonchev–Trinajstić information content (AvgIpc) is 3.02. The van der Waals surface area contributed by atoms with Crippen LogP contribution in [-0.4, -0.2) is 53.1 Å². The van der Waals surface area contributed by atoms with Crippen molar-refractivity contribution in [1.29, 1.82) is 5.41 Å². The molecule has 3 atom stereocenters. The summed E-state index contributed by atoms with van der Waals surface area (Å²) in [6, 6.07) is 6.74. The lowest BCUT2D eigenvalue weighted by Crippen LogP contribution is -2.61. The van der Waals surface area contributed by atoms with E-state index in [4.69, 9.17) is 14.9 Å². The third-order valence-corrected chi connectivity index (χ3v) is 5.39. The molecule has 1 amide bonds. The summed E-state index contributed by atoms with van der Waals surface area (Å²) in [6.07, 6.45) is 0.617. The van der Waals surface area contributed by atoms with Gasteiger partial charge in [-0.3, -0.25) is 15.0 Å². The zero-order valence-electron chi connectivity index (χ0n) is 18.0. The number of rotatable bonds is 7. The van der Waals surface area contributed by atoms with E-state index in [1.807, 2.05) is 0 Å². The normalized spacial score (nSPS) is 21.2. The lowest BCUT2D eigenvalue weighted by Gasteiger charge is -2.44. The van der Waals surface area contributed by atoms with Gasteiger partial charge in [0.05, 0.1) is 29.8 Å². The maximum atomic E-state index is 12.9. The largest absolute Gasteiger partial charge is 0.427 e. The Labute approximate surface area is 180 Å². The second kappa shape index (κ2) is 8.50. The van der Waals surface area contributed by atoms with Crippen LogP contribution in [0.2, 0.25) is 0 Å². The first-order valence-corrected chi connectivity index (χ1v) is 10.0. The number of amides is 1. The minimum absolute atomic E-state index is 0.103. The topological polar surface area (TPSA) is 129 Å². The molecule has 2 aliphatic heterocycles. The zero-order valence-corrected chi connectivity index (χ0v) is 18.0. The summed E-state index contributed by atoms with van der Waals surface area (Å²) in [5.41, 5.74) is 1.42. The number of benzene rings is 1. The number of ether oxygens (including phenoxy) is 2. The molecule has 31 heavy (non-hydrogen) atoms. The Kier molecular flexibility index (Phi) is 6.17. The van der Waals surface area contributed by atoms with Crippen LogP contribution in [-0.2, 0) is 23.9 Å². The van der Waals surface area contributed by atoms with E-state index in [9.17, 15) is 19.5 Å². The molecule has 1 aromatic carbocycles. The van der Waals surface area contributed by atoms with Crippen LogP contribution < -0.4 is 5.32 Å². The van der Waals surface area contributed by atoms with Crippen molar-refractivity contribution in [3.05, 3.63) is 35.5 Å². The van der Waals surface area contributed by atoms with E-state index in [1.54, 1.807) is 52.0 Å². The molecular weight excluding hydrogens is 402 g/mol.